The molecule has 2 heteroatoms. The van der Waals surface area contributed by atoms with Gasteiger partial charge in [0.1, 0.15) is 0 Å². The van der Waals surface area contributed by atoms with Crippen molar-refractivity contribution in [3.8, 4) is 0 Å². The fourth-order valence-corrected chi connectivity index (χ4v) is 1.34. The normalized spacial score (nSPS) is 10.5. The highest BCUT2D eigenvalue weighted by atomic mass is 35.5. The molecule has 0 bridgehead atoms. The Bertz CT molecular complexity index is 66.2. The van der Waals surface area contributed by atoms with Crippen LogP contribution in [0.3, 0.4) is 0 Å². The number of rotatable bonds is 9. The predicted molar refractivity (Wildman–Crippen MR) is 57.0 cm³/mol. The van der Waals surface area contributed by atoms with E-state index >= 15 is 0 Å². The predicted octanol–water partition coefficient (Wildman–Crippen LogP) is 3.18. The maximum Gasteiger partial charge on any atom is 0.0223 e. The number of halogens is 1. The minimum absolute atomic E-state index is 0.803. The van der Waals surface area contributed by atoms with Gasteiger partial charge in [0.05, 0.1) is 0 Å². The van der Waals surface area contributed by atoms with Crippen molar-refractivity contribution in [1.82, 2.24) is 5.32 Å². The van der Waals surface area contributed by atoms with Crippen molar-refractivity contribution in [2.45, 2.75) is 45.4 Å². The Morgan fingerprint density at radius 1 is 0.917 bits per heavy atom. The molecule has 0 fully saturated rings. The third-order valence-corrected chi connectivity index (χ3v) is 2.21. The highest BCUT2D eigenvalue weighted by Gasteiger charge is 1.88. The first-order chi connectivity index (χ1) is 5.91. The third kappa shape index (κ3) is 10.2. The molecule has 1 nitrogen and oxygen atoms in total. The van der Waals surface area contributed by atoms with Gasteiger partial charge in [0, 0.05) is 5.88 Å². The average molecular weight is 192 g/mol. The Labute approximate surface area is 81.9 Å². The van der Waals surface area contributed by atoms with E-state index < -0.39 is 0 Å². The summed E-state index contributed by atoms with van der Waals surface area (Å²) in [6.45, 7) is 4.56. The Morgan fingerprint density at radius 3 is 2.17 bits per heavy atom. The third-order valence-electron chi connectivity index (χ3n) is 1.94. The van der Waals surface area contributed by atoms with Crippen LogP contribution in [0.5, 0.6) is 0 Å². The van der Waals surface area contributed by atoms with Crippen LogP contribution in [0.15, 0.2) is 0 Å². The van der Waals surface area contributed by atoms with Crippen molar-refractivity contribution in [2.24, 2.45) is 0 Å². The summed E-state index contributed by atoms with van der Waals surface area (Å²) in [5, 5.41) is 3.42. The Kier molecular flexibility index (Phi) is 11.5. The van der Waals surface area contributed by atoms with Crippen molar-refractivity contribution in [1.29, 1.82) is 0 Å². The summed E-state index contributed by atoms with van der Waals surface area (Å²) in [4.78, 5) is 0. The number of hydrogen-bond acceptors (Lipinski definition) is 1. The lowest BCUT2D eigenvalue weighted by Gasteiger charge is -2.02. The lowest BCUT2D eigenvalue weighted by molar-refractivity contribution is 0.583. The fraction of sp³-hybridized carbons (Fsp3) is 1.00. The zero-order valence-electron chi connectivity index (χ0n) is 8.24. The van der Waals surface area contributed by atoms with Crippen LogP contribution in [0.2, 0.25) is 0 Å². The lowest BCUT2D eigenvalue weighted by atomic mass is 10.2. The molecular weight excluding hydrogens is 170 g/mol. The Morgan fingerprint density at radius 2 is 1.58 bits per heavy atom. The van der Waals surface area contributed by atoms with Gasteiger partial charge in [0.15, 0.2) is 0 Å². The Hall–Kier alpha value is 0.250. The van der Waals surface area contributed by atoms with E-state index in [0.29, 0.717) is 0 Å². The van der Waals surface area contributed by atoms with E-state index in [1.165, 1.54) is 38.6 Å². The van der Waals surface area contributed by atoms with E-state index in [-0.39, 0.29) is 0 Å². The molecule has 0 aliphatic rings. The maximum atomic E-state index is 5.56. The monoisotopic (exact) mass is 191 g/mol. The van der Waals surface area contributed by atoms with Gasteiger partial charge in [-0.1, -0.05) is 26.2 Å². The summed E-state index contributed by atoms with van der Waals surface area (Å²) in [6.07, 6.45) is 7.77. The molecule has 1 N–H and O–H groups in total. The molecule has 0 aliphatic carbocycles. The molecule has 0 aromatic heterocycles. The van der Waals surface area contributed by atoms with E-state index in [9.17, 15) is 0 Å². The van der Waals surface area contributed by atoms with Gasteiger partial charge in [-0.3, -0.25) is 0 Å². The molecule has 12 heavy (non-hydrogen) atoms. The quantitative estimate of drug-likeness (QED) is 0.436. The molecule has 0 heterocycles. The second kappa shape index (κ2) is 11.2. The maximum absolute atomic E-state index is 5.56. The highest BCUT2D eigenvalue weighted by Crippen LogP contribution is 1.97. The van der Waals surface area contributed by atoms with Crippen LogP contribution in [-0.2, 0) is 0 Å². The number of nitrogens with one attached hydrogen (secondary N) is 1. The topological polar surface area (TPSA) is 12.0 Å². The van der Waals surface area contributed by atoms with Crippen LogP contribution in [0.4, 0.5) is 0 Å². The first-order valence-corrected chi connectivity index (χ1v) is 5.72. The molecule has 0 spiro atoms. The average Bonchev–Trinajstić information content (AvgIpc) is 2.10. The van der Waals surface area contributed by atoms with Crippen molar-refractivity contribution in [2.75, 3.05) is 19.0 Å². The van der Waals surface area contributed by atoms with Crippen LogP contribution in [0, 0.1) is 0 Å². The van der Waals surface area contributed by atoms with E-state index in [1.54, 1.807) is 0 Å². The van der Waals surface area contributed by atoms with E-state index in [4.69, 9.17) is 11.6 Å². The van der Waals surface area contributed by atoms with Crippen LogP contribution < -0.4 is 5.32 Å². The summed E-state index contributed by atoms with van der Waals surface area (Å²) >= 11 is 5.56. The molecule has 0 aromatic rings. The van der Waals surface area contributed by atoms with Crippen LogP contribution in [-0.4, -0.2) is 19.0 Å². The summed E-state index contributed by atoms with van der Waals surface area (Å²) in [7, 11) is 0. The molecule has 0 saturated heterocycles. The molecule has 0 saturated carbocycles. The fourth-order valence-electron chi connectivity index (χ4n) is 1.15. The van der Waals surface area contributed by atoms with Gasteiger partial charge in [0.2, 0.25) is 0 Å². The lowest BCUT2D eigenvalue weighted by Crippen LogP contribution is -2.16. The van der Waals surface area contributed by atoms with Crippen LogP contribution in [0.25, 0.3) is 0 Å². The van der Waals surface area contributed by atoms with E-state index in [0.717, 1.165) is 18.8 Å². The first-order valence-electron chi connectivity index (χ1n) is 5.18. The van der Waals surface area contributed by atoms with Crippen molar-refractivity contribution >= 4 is 11.6 Å². The van der Waals surface area contributed by atoms with Gasteiger partial charge in [-0.25, -0.2) is 0 Å². The molecule has 0 radical (unpaired) electrons. The van der Waals surface area contributed by atoms with Gasteiger partial charge in [-0.15, -0.1) is 11.6 Å². The van der Waals surface area contributed by atoms with Gasteiger partial charge in [-0.05, 0) is 32.4 Å². The highest BCUT2D eigenvalue weighted by molar-refractivity contribution is 6.17. The first kappa shape index (κ1) is 12.2. The van der Waals surface area contributed by atoms with Gasteiger partial charge >= 0.3 is 0 Å². The molecular formula is C10H22ClN. The second-order valence-corrected chi connectivity index (χ2v) is 3.58. The molecule has 0 aromatic carbocycles. The molecule has 74 valence electrons. The zero-order valence-corrected chi connectivity index (χ0v) is 9.00. The van der Waals surface area contributed by atoms with E-state index in [1.807, 2.05) is 0 Å². The summed E-state index contributed by atoms with van der Waals surface area (Å²) in [5.74, 6) is 0.803. The SMILES string of the molecule is CCCCCCNCCCCCl. The molecule has 0 atom stereocenters. The molecule has 0 rings (SSSR count). The number of unbranched alkanes of at least 4 members (excludes halogenated alkanes) is 4. The van der Waals surface area contributed by atoms with Gasteiger partial charge < -0.3 is 5.32 Å². The standard InChI is InChI=1S/C10H22ClN/c1-2-3-4-6-9-12-10-7-5-8-11/h12H,2-10H2,1H3. The molecule has 0 amide bonds. The summed E-state index contributed by atoms with van der Waals surface area (Å²) in [5.41, 5.74) is 0. The van der Waals surface area contributed by atoms with Crippen molar-refractivity contribution in [3.63, 3.8) is 0 Å². The minimum atomic E-state index is 0.803. The van der Waals surface area contributed by atoms with Crippen LogP contribution in [0.1, 0.15) is 45.4 Å². The summed E-state index contributed by atoms with van der Waals surface area (Å²) in [6, 6.07) is 0. The van der Waals surface area contributed by atoms with E-state index in [2.05, 4.69) is 12.2 Å². The Balaban J connectivity index is 2.73. The second-order valence-electron chi connectivity index (χ2n) is 3.21. The number of alkyl halides is 1. The minimum Gasteiger partial charge on any atom is -0.317 e. The van der Waals surface area contributed by atoms with Crippen molar-refractivity contribution < 1.29 is 0 Å². The van der Waals surface area contributed by atoms with Gasteiger partial charge in [0.25, 0.3) is 0 Å². The largest absolute Gasteiger partial charge is 0.317 e. The van der Waals surface area contributed by atoms with Crippen molar-refractivity contribution in [3.05, 3.63) is 0 Å². The molecule has 0 aliphatic heterocycles. The van der Waals surface area contributed by atoms with Gasteiger partial charge in [-0.2, -0.15) is 0 Å². The number of hydrogen-bond donors (Lipinski definition) is 1. The smallest absolute Gasteiger partial charge is 0.0223 e. The zero-order chi connectivity index (χ0) is 9.07. The molecule has 0 unspecified atom stereocenters. The summed E-state index contributed by atoms with van der Waals surface area (Å²) < 4.78 is 0. The van der Waals surface area contributed by atoms with Crippen LogP contribution >= 0.6 is 11.6 Å².